The lowest BCUT2D eigenvalue weighted by Gasteiger charge is -2.40. The van der Waals surface area contributed by atoms with Gasteiger partial charge in [-0.15, -0.1) is 0 Å². The zero-order valence-electron chi connectivity index (χ0n) is 13.2. The first-order valence-corrected chi connectivity index (χ1v) is 7.76. The maximum atomic E-state index is 11.6. The van der Waals surface area contributed by atoms with Crippen molar-refractivity contribution in [3.63, 3.8) is 0 Å². The van der Waals surface area contributed by atoms with Crippen LogP contribution in [0.25, 0.3) is 0 Å². The predicted octanol–water partition coefficient (Wildman–Crippen LogP) is 1.73. The third-order valence-corrected chi connectivity index (χ3v) is 4.05. The highest BCUT2D eigenvalue weighted by atomic mass is 16.6. The molecule has 0 unspecified atom stereocenters. The van der Waals surface area contributed by atoms with Gasteiger partial charge in [-0.1, -0.05) is 0 Å². The average Bonchev–Trinajstić information content (AvgIpc) is 2.26. The Morgan fingerprint density at radius 3 is 2.25 bits per heavy atom. The molecule has 2 aliphatic rings. The summed E-state index contributed by atoms with van der Waals surface area (Å²) in [5, 5.41) is 6.65. The topological polar surface area (TPSA) is 53.6 Å². The molecule has 0 atom stereocenters. The van der Waals surface area contributed by atoms with Gasteiger partial charge in [0.1, 0.15) is 5.60 Å². The molecule has 1 heterocycles. The maximum Gasteiger partial charge on any atom is 0.407 e. The quantitative estimate of drug-likeness (QED) is 0.828. The van der Waals surface area contributed by atoms with Crippen molar-refractivity contribution in [3.05, 3.63) is 0 Å². The Balaban J connectivity index is 1.59. The molecule has 0 aromatic heterocycles. The summed E-state index contributed by atoms with van der Waals surface area (Å²) in [6.45, 7) is 8.03. The van der Waals surface area contributed by atoms with E-state index in [9.17, 15) is 4.79 Å². The molecule has 0 aromatic rings. The van der Waals surface area contributed by atoms with Crippen LogP contribution in [0.15, 0.2) is 0 Å². The van der Waals surface area contributed by atoms with Crippen LogP contribution in [0.5, 0.6) is 0 Å². The minimum absolute atomic E-state index is 0.272. The van der Waals surface area contributed by atoms with Gasteiger partial charge < -0.3 is 20.3 Å². The van der Waals surface area contributed by atoms with E-state index in [1.807, 2.05) is 20.8 Å². The highest BCUT2D eigenvalue weighted by Crippen LogP contribution is 2.23. The van der Waals surface area contributed by atoms with Crippen LogP contribution >= 0.6 is 0 Å². The van der Waals surface area contributed by atoms with Gasteiger partial charge in [0.15, 0.2) is 0 Å². The van der Waals surface area contributed by atoms with Gasteiger partial charge in [-0.05, 0) is 66.6 Å². The molecule has 5 heteroatoms. The number of carbonyl (C=O) groups is 1. The van der Waals surface area contributed by atoms with Crippen molar-refractivity contribution >= 4 is 6.09 Å². The molecule has 1 aliphatic heterocycles. The largest absolute Gasteiger partial charge is 0.444 e. The monoisotopic (exact) mass is 283 g/mol. The third-order valence-electron chi connectivity index (χ3n) is 4.05. The molecule has 1 amide bonds. The Kier molecular flexibility index (Phi) is 4.91. The number of hydrogen-bond acceptors (Lipinski definition) is 4. The van der Waals surface area contributed by atoms with Gasteiger partial charge in [-0.3, -0.25) is 0 Å². The summed E-state index contributed by atoms with van der Waals surface area (Å²) in [5.41, 5.74) is -0.417. The molecule has 5 nitrogen and oxygen atoms in total. The van der Waals surface area contributed by atoms with Gasteiger partial charge in [0.2, 0.25) is 0 Å². The minimum Gasteiger partial charge on any atom is -0.444 e. The van der Waals surface area contributed by atoms with Crippen molar-refractivity contribution in [2.75, 3.05) is 20.1 Å². The first kappa shape index (κ1) is 15.6. The molecule has 2 fully saturated rings. The average molecular weight is 283 g/mol. The summed E-state index contributed by atoms with van der Waals surface area (Å²) >= 11 is 0. The van der Waals surface area contributed by atoms with Crippen molar-refractivity contribution in [1.29, 1.82) is 0 Å². The van der Waals surface area contributed by atoms with Gasteiger partial charge in [0.25, 0.3) is 0 Å². The lowest BCUT2D eigenvalue weighted by molar-refractivity contribution is 0.0460. The Bertz CT molecular complexity index is 327. The highest BCUT2D eigenvalue weighted by Gasteiger charge is 2.33. The number of rotatable bonds is 3. The number of hydrogen-bond donors (Lipinski definition) is 2. The number of likely N-dealkylation sites (tertiary alicyclic amines) is 1. The van der Waals surface area contributed by atoms with E-state index in [2.05, 4.69) is 22.6 Å². The van der Waals surface area contributed by atoms with Crippen molar-refractivity contribution in [2.24, 2.45) is 0 Å². The number of carbonyl (C=O) groups excluding carboxylic acids is 1. The Labute approximate surface area is 122 Å². The van der Waals surface area contributed by atoms with Crippen LogP contribution in [0, 0.1) is 0 Å². The summed E-state index contributed by atoms with van der Waals surface area (Å²) in [6.07, 6.45) is 4.21. The Hall–Kier alpha value is -0.810. The zero-order chi connectivity index (χ0) is 14.8. The van der Waals surface area contributed by atoms with Crippen LogP contribution in [0.4, 0.5) is 4.79 Å². The fourth-order valence-electron chi connectivity index (χ4n) is 2.85. The van der Waals surface area contributed by atoms with E-state index in [0.29, 0.717) is 12.1 Å². The molecular weight excluding hydrogens is 254 g/mol. The SMILES string of the molecule is CN1CCC(NC2CC(NC(=O)OC(C)(C)C)C2)CC1. The van der Waals surface area contributed by atoms with Crippen LogP contribution in [0.3, 0.4) is 0 Å². The lowest BCUT2D eigenvalue weighted by atomic mass is 9.85. The van der Waals surface area contributed by atoms with E-state index in [1.165, 1.54) is 25.9 Å². The second kappa shape index (κ2) is 6.31. The zero-order valence-corrected chi connectivity index (χ0v) is 13.2. The fraction of sp³-hybridized carbons (Fsp3) is 0.933. The fourth-order valence-corrected chi connectivity index (χ4v) is 2.85. The van der Waals surface area contributed by atoms with E-state index in [-0.39, 0.29) is 12.1 Å². The summed E-state index contributed by atoms with van der Waals surface area (Å²) in [5.74, 6) is 0. The molecular formula is C15H29N3O2. The molecule has 2 rings (SSSR count). The van der Waals surface area contributed by atoms with Crippen LogP contribution in [0.1, 0.15) is 46.5 Å². The molecule has 1 saturated heterocycles. The van der Waals surface area contributed by atoms with Gasteiger partial charge in [-0.25, -0.2) is 4.79 Å². The van der Waals surface area contributed by atoms with Crippen LogP contribution in [-0.2, 0) is 4.74 Å². The second-order valence-corrected chi connectivity index (χ2v) is 7.26. The Morgan fingerprint density at radius 2 is 1.70 bits per heavy atom. The van der Waals surface area contributed by atoms with Crippen molar-refractivity contribution in [1.82, 2.24) is 15.5 Å². The molecule has 1 aliphatic carbocycles. The first-order valence-electron chi connectivity index (χ1n) is 7.76. The molecule has 0 aromatic carbocycles. The molecule has 0 radical (unpaired) electrons. The van der Waals surface area contributed by atoms with Crippen molar-refractivity contribution < 1.29 is 9.53 Å². The summed E-state index contributed by atoms with van der Waals surface area (Å²) in [4.78, 5) is 14.0. The van der Waals surface area contributed by atoms with Crippen LogP contribution in [0.2, 0.25) is 0 Å². The molecule has 116 valence electrons. The second-order valence-electron chi connectivity index (χ2n) is 7.26. The number of nitrogens with zero attached hydrogens (tertiary/aromatic N) is 1. The van der Waals surface area contributed by atoms with Crippen molar-refractivity contribution in [3.8, 4) is 0 Å². The summed E-state index contributed by atoms with van der Waals surface area (Å²) < 4.78 is 5.27. The van der Waals surface area contributed by atoms with E-state index < -0.39 is 5.60 Å². The third kappa shape index (κ3) is 4.94. The normalized spacial score (nSPS) is 28.8. The number of ether oxygens (including phenoxy) is 1. The number of piperidine rings is 1. The van der Waals surface area contributed by atoms with Gasteiger partial charge in [0, 0.05) is 18.1 Å². The predicted molar refractivity (Wildman–Crippen MR) is 79.8 cm³/mol. The molecule has 0 bridgehead atoms. The van der Waals surface area contributed by atoms with Crippen LogP contribution < -0.4 is 10.6 Å². The van der Waals surface area contributed by atoms with Gasteiger partial charge in [-0.2, -0.15) is 0 Å². The highest BCUT2D eigenvalue weighted by molar-refractivity contribution is 5.68. The molecule has 0 spiro atoms. The van der Waals surface area contributed by atoms with E-state index in [0.717, 1.165) is 12.8 Å². The summed E-state index contributed by atoms with van der Waals surface area (Å²) in [6, 6.07) is 1.48. The van der Waals surface area contributed by atoms with E-state index in [4.69, 9.17) is 4.74 Å². The molecule has 2 N–H and O–H groups in total. The Morgan fingerprint density at radius 1 is 1.10 bits per heavy atom. The van der Waals surface area contributed by atoms with Gasteiger partial charge >= 0.3 is 6.09 Å². The van der Waals surface area contributed by atoms with Crippen molar-refractivity contribution in [2.45, 2.75) is 70.2 Å². The summed E-state index contributed by atoms with van der Waals surface area (Å²) in [7, 11) is 2.18. The smallest absolute Gasteiger partial charge is 0.407 e. The number of amides is 1. The van der Waals surface area contributed by atoms with E-state index >= 15 is 0 Å². The minimum atomic E-state index is -0.417. The number of nitrogens with one attached hydrogen (secondary N) is 2. The lowest BCUT2D eigenvalue weighted by Crippen LogP contribution is -2.56. The molecule has 20 heavy (non-hydrogen) atoms. The van der Waals surface area contributed by atoms with Gasteiger partial charge in [0.05, 0.1) is 0 Å². The van der Waals surface area contributed by atoms with E-state index in [1.54, 1.807) is 0 Å². The maximum absolute atomic E-state index is 11.6. The number of alkyl carbamates (subject to hydrolysis) is 1. The first-order chi connectivity index (χ1) is 9.32. The van der Waals surface area contributed by atoms with Crippen LogP contribution in [-0.4, -0.2) is 54.9 Å². The molecule has 1 saturated carbocycles. The standard InChI is InChI=1S/C15H29N3O2/c1-15(2,3)20-14(19)17-13-9-12(10-13)16-11-5-7-18(4)8-6-11/h11-13,16H,5-10H2,1-4H3,(H,17,19).